The van der Waals surface area contributed by atoms with Gasteiger partial charge in [0.25, 0.3) is 0 Å². The minimum atomic E-state index is 0. The van der Waals surface area contributed by atoms with Gasteiger partial charge in [0, 0.05) is 18.6 Å². The summed E-state index contributed by atoms with van der Waals surface area (Å²) in [5.41, 5.74) is 0. The molecule has 84 valence electrons. The fourth-order valence-corrected chi connectivity index (χ4v) is 3.09. The second-order valence-corrected chi connectivity index (χ2v) is 4.48. The zero-order chi connectivity index (χ0) is 9.26. The molecule has 0 radical (unpaired) electrons. The molecule has 3 heteroatoms. The van der Waals surface area contributed by atoms with Gasteiger partial charge in [-0.1, -0.05) is 13.8 Å². The van der Waals surface area contributed by atoms with Gasteiger partial charge in [0.2, 0.25) is 0 Å². The highest BCUT2D eigenvalue weighted by Crippen LogP contribution is 2.30. The van der Waals surface area contributed by atoms with Crippen molar-refractivity contribution in [3.63, 3.8) is 0 Å². The third-order valence-electron chi connectivity index (χ3n) is 3.90. The second kappa shape index (κ2) is 5.34. The maximum Gasteiger partial charge on any atom is 0.0264 e. The molecule has 0 bridgehead atoms. The van der Waals surface area contributed by atoms with Crippen LogP contribution in [-0.2, 0) is 0 Å². The van der Waals surface area contributed by atoms with Crippen LogP contribution < -0.4 is 5.32 Å². The van der Waals surface area contributed by atoms with Gasteiger partial charge in [-0.2, -0.15) is 0 Å². The van der Waals surface area contributed by atoms with E-state index in [1.54, 1.807) is 0 Å². The Balaban J connectivity index is 0.000000980. The first-order valence-corrected chi connectivity index (χ1v) is 5.83. The second-order valence-electron chi connectivity index (χ2n) is 4.48. The van der Waals surface area contributed by atoms with Crippen LogP contribution in [-0.4, -0.2) is 36.6 Å². The largest absolute Gasteiger partial charge is 0.315 e. The van der Waals surface area contributed by atoms with Crippen LogP contribution in [0.15, 0.2) is 0 Å². The van der Waals surface area contributed by atoms with E-state index in [1.807, 2.05) is 0 Å². The lowest BCUT2D eigenvalue weighted by Crippen LogP contribution is -2.41. The van der Waals surface area contributed by atoms with Crippen molar-refractivity contribution in [1.29, 1.82) is 0 Å². The number of halogens is 1. The number of nitrogens with zero attached hydrogens (tertiary/aromatic N) is 1. The van der Waals surface area contributed by atoms with E-state index in [2.05, 4.69) is 24.1 Å². The van der Waals surface area contributed by atoms with Gasteiger partial charge in [0.05, 0.1) is 0 Å². The molecule has 2 saturated heterocycles. The summed E-state index contributed by atoms with van der Waals surface area (Å²) in [7, 11) is 0. The normalized spacial score (nSPS) is 31.9. The molecule has 2 aliphatic rings. The zero-order valence-corrected chi connectivity index (χ0v) is 10.1. The minimum absolute atomic E-state index is 0. The lowest BCUT2D eigenvalue weighted by atomic mass is 10.0. The molecule has 2 nitrogen and oxygen atoms in total. The van der Waals surface area contributed by atoms with E-state index in [0.29, 0.717) is 0 Å². The number of fused-ring (bicyclic) bond motifs is 1. The number of likely N-dealkylation sites (tertiary alicyclic amines) is 1. The van der Waals surface area contributed by atoms with E-state index in [0.717, 1.165) is 18.0 Å². The van der Waals surface area contributed by atoms with E-state index >= 15 is 0 Å². The highest BCUT2D eigenvalue weighted by atomic mass is 35.5. The van der Waals surface area contributed by atoms with Crippen LogP contribution in [0.1, 0.15) is 33.1 Å². The van der Waals surface area contributed by atoms with Crippen molar-refractivity contribution in [2.75, 3.05) is 19.6 Å². The fourth-order valence-electron chi connectivity index (χ4n) is 3.09. The summed E-state index contributed by atoms with van der Waals surface area (Å²) in [4.78, 5) is 2.75. The van der Waals surface area contributed by atoms with Gasteiger partial charge in [-0.25, -0.2) is 0 Å². The number of nitrogens with one attached hydrogen (secondary N) is 1. The molecule has 2 heterocycles. The summed E-state index contributed by atoms with van der Waals surface area (Å²) in [6.45, 7) is 8.50. The van der Waals surface area contributed by atoms with Gasteiger partial charge in [-0.3, -0.25) is 4.90 Å². The maximum absolute atomic E-state index is 3.52. The Kier molecular flexibility index (Phi) is 4.68. The first-order valence-electron chi connectivity index (χ1n) is 5.83. The molecule has 0 unspecified atom stereocenters. The van der Waals surface area contributed by atoms with Gasteiger partial charge in [0.15, 0.2) is 0 Å². The molecule has 0 aromatic heterocycles. The van der Waals surface area contributed by atoms with Gasteiger partial charge in [-0.05, 0) is 38.3 Å². The third-order valence-corrected chi connectivity index (χ3v) is 3.90. The molecule has 14 heavy (non-hydrogen) atoms. The highest BCUT2D eigenvalue weighted by Gasteiger charge is 2.39. The van der Waals surface area contributed by atoms with E-state index in [4.69, 9.17) is 0 Å². The van der Waals surface area contributed by atoms with Crippen LogP contribution >= 0.6 is 12.4 Å². The molecular weight excluding hydrogens is 196 g/mol. The Hall–Kier alpha value is 0.210. The molecule has 2 atom stereocenters. The van der Waals surface area contributed by atoms with Gasteiger partial charge >= 0.3 is 0 Å². The number of rotatable bonds is 3. The first kappa shape index (κ1) is 12.3. The van der Waals surface area contributed by atoms with Gasteiger partial charge in [0.1, 0.15) is 0 Å². The molecule has 0 saturated carbocycles. The van der Waals surface area contributed by atoms with Crippen LogP contribution in [0.4, 0.5) is 0 Å². The van der Waals surface area contributed by atoms with E-state index in [-0.39, 0.29) is 12.4 Å². The average Bonchev–Trinajstić information content (AvgIpc) is 2.70. The molecule has 0 aromatic rings. The fraction of sp³-hybridized carbons (Fsp3) is 1.00. The molecule has 0 amide bonds. The van der Waals surface area contributed by atoms with Crippen LogP contribution in [0.3, 0.4) is 0 Å². The lowest BCUT2D eigenvalue weighted by Gasteiger charge is -2.31. The standard InChI is InChI=1S/C11H22N2.ClH/c1-3-10(4-2)13-6-5-9-7-12-8-11(9)13;/h9-12H,3-8H2,1-2H3;1H/t9-,11+;/m0./s1. The van der Waals surface area contributed by atoms with Crippen LogP contribution in [0.2, 0.25) is 0 Å². The topological polar surface area (TPSA) is 15.3 Å². The van der Waals surface area contributed by atoms with Crippen LogP contribution in [0, 0.1) is 5.92 Å². The monoisotopic (exact) mass is 218 g/mol. The van der Waals surface area contributed by atoms with Gasteiger partial charge < -0.3 is 5.32 Å². The van der Waals surface area contributed by atoms with Crippen LogP contribution in [0.25, 0.3) is 0 Å². The SMILES string of the molecule is CCC(CC)N1CC[C@H]2CNC[C@H]21.Cl. The summed E-state index contributed by atoms with van der Waals surface area (Å²) < 4.78 is 0. The molecule has 0 aromatic carbocycles. The molecule has 1 N–H and O–H groups in total. The summed E-state index contributed by atoms with van der Waals surface area (Å²) in [5.74, 6) is 0.959. The van der Waals surface area contributed by atoms with E-state index in [1.165, 1.54) is 38.9 Å². The highest BCUT2D eigenvalue weighted by molar-refractivity contribution is 5.85. The van der Waals surface area contributed by atoms with Crippen molar-refractivity contribution < 1.29 is 0 Å². The first-order chi connectivity index (χ1) is 6.36. The predicted octanol–water partition coefficient (Wildman–Crippen LogP) is 1.89. The summed E-state index contributed by atoms with van der Waals surface area (Å²) in [5, 5.41) is 3.52. The van der Waals surface area contributed by atoms with E-state index < -0.39 is 0 Å². The zero-order valence-electron chi connectivity index (χ0n) is 9.33. The van der Waals surface area contributed by atoms with Crippen molar-refractivity contribution >= 4 is 12.4 Å². The van der Waals surface area contributed by atoms with E-state index in [9.17, 15) is 0 Å². The molecule has 2 fully saturated rings. The smallest absolute Gasteiger partial charge is 0.0264 e. The molecule has 0 aliphatic carbocycles. The Morgan fingerprint density at radius 3 is 2.64 bits per heavy atom. The number of hydrogen-bond acceptors (Lipinski definition) is 2. The van der Waals surface area contributed by atoms with Crippen molar-refractivity contribution in [2.24, 2.45) is 5.92 Å². The Labute approximate surface area is 93.8 Å². The molecule has 2 aliphatic heterocycles. The quantitative estimate of drug-likeness (QED) is 0.779. The van der Waals surface area contributed by atoms with Crippen molar-refractivity contribution in [1.82, 2.24) is 10.2 Å². The minimum Gasteiger partial charge on any atom is -0.315 e. The van der Waals surface area contributed by atoms with Crippen LogP contribution in [0.5, 0.6) is 0 Å². The summed E-state index contributed by atoms with van der Waals surface area (Å²) in [6.07, 6.45) is 4.06. The Morgan fingerprint density at radius 1 is 1.29 bits per heavy atom. The van der Waals surface area contributed by atoms with Crippen molar-refractivity contribution in [3.8, 4) is 0 Å². The average molecular weight is 219 g/mol. The number of hydrogen-bond donors (Lipinski definition) is 1. The Morgan fingerprint density at radius 2 is 2.00 bits per heavy atom. The van der Waals surface area contributed by atoms with Crippen molar-refractivity contribution in [2.45, 2.75) is 45.2 Å². The van der Waals surface area contributed by atoms with Crippen molar-refractivity contribution in [3.05, 3.63) is 0 Å². The lowest BCUT2D eigenvalue weighted by molar-refractivity contribution is 0.169. The summed E-state index contributed by atoms with van der Waals surface area (Å²) in [6, 6.07) is 1.71. The Bertz CT molecular complexity index is 171. The molecular formula is C11H23ClN2. The molecule has 2 rings (SSSR count). The van der Waals surface area contributed by atoms with Gasteiger partial charge in [-0.15, -0.1) is 12.4 Å². The maximum atomic E-state index is 3.52. The predicted molar refractivity (Wildman–Crippen MR) is 63.1 cm³/mol. The third kappa shape index (κ3) is 2.07. The summed E-state index contributed by atoms with van der Waals surface area (Å²) >= 11 is 0. The molecule has 0 spiro atoms.